The predicted molar refractivity (Wildman–Crippen MR) is 90.8 cm³/mol. The molecule has 0 N–H and O–H groups in total. The van der Waals surface area contributed by atoms with Crippen molar-refractivity contribution < 1.29 is 13.2 Å². The Labute approximate surface area is 143 Å². The predicted octanol–water partition coefficient (Wildman–Crippen LogP) is 2.10. The summed E-state index contributed by atoms with van der Waals surface area (Å²) in [4.78, 5) is 14.9. The van der Waals surface area contributed by atoms with Crippen LogP contribution in [-0.2, 0) is 14.8 Å². The lowest BCUT2D eigenvalue weighted by Crippen LogP contribution is -2.48. The van der Waals surface area contributed by atoms with Crippen molar-refractivity contribution in [1.29, 1.82) is 0 Å². The molecule has 5 nitrogen and oxygen atoms in total. The van der Waals surface area contributed by atoms with Gasteiger partial charge in [-0.05, 0) is 43.7 Å². The van der Waals surface area contributed by atoms with Crippen LogP contribution < -0.4 is 0 Å². The number of fused-ring (bicyclic) bond motifs is 4. The van der Waals surface area contributed by atoms with Gasteiger partial charge in [0.05, 0.1) is 4.90 Å². The molecule has 0 radical (unpaired) electrons. The Hall–Kier alpha value is -1.40. The molecule has 1 aliphatic carbocycles. The van der Waals surface area contributed by atoms with Gasteiger partial charge in [0, 0.05) is 31.6 Å². The van der Waals surface area contributed by atoms with Crippen molar-refractivity contribution in [1.82, 2.24) is 9.21 Å². The van der Waals surface area contributed by atoms with E-state index in [0.29, 0.717) is 24.5 Å². The molecule has 2 unspecified atom stereocenters. The van der Waals surface area contributed by atoms with Crippen molar-refractivity contribution in [3.05, 3.63) is 30.3 Å². The van der Waals surface area contributed by atoms with Crippen LogP contribution in [0.15, 0.2) is 35.2 Å². The first-order chi connectivity index (χ1) is 11.6. The first-order valence-corrected chi connectivity index (χ1v) is 10.4. The van der Waals surface area contributed by atoms with Gasteiger partial charge in [0.1, 0.15) is 0 Å². The quantitative estimate of drug-likeness (QED) is 0.840. The molecule has 1 aromatic rings. The summed E-state index contributed by atoms with van der Waals surface area (Å²) in [7, 11) is -3.48. The van der Waals surface area contributed by atoms with Crippen LogP contribution in [0.1, 0.15) is 32.1 Å². The molecule has 3 aliphatic heterocycles. The number of piperidine rings is 1. The van der Waals surface area contributed by atoms with Crippen LogP contribution in [0.2, 0.25) is 0 Å². The number of carbonyl (C=O) groups is 1. The zero-order chi connectivity index (χ0) is 16.7. The van der Waals surface area contributed by atoms with Crippen molar-refractivity contribution >= 4 is 15.9 Å². The summed E-state index contributed by atoms with van der Waals surface area (Å²) in [6.45, 7) is 1.81. The summed E-state index contributed by atoms with van der Waals surface area (Å²) in [5, 5.41) is 0. The average Bonchev–Trinajstić information content (AvgIpc) is 2.86. The molecular formula is C18H24N2O3S. The lowest BCUT2D eigenvalue weighted by atomic mass is 9.84. The Morgan fingerprint density at radius 2 is 1.71 bits per heavy atom. The van der Waals surface area contributed by atoms with Crippen LogP contribution in [0.3, 0.4) is 0 Å². The number of carbonyl (C=O) groups excluding carboxylic acids is 1. The third-order valence-electron chi connectivity index (χ3n) is 5.78. The Kier molecular flexibility index (Phi) is 4.12. The maximum Gasteiger partial charge on any atom is 0.243 e. The molecule has 2 atom stereocenters. The highest BCUT2D eigenvalue weighted by Crippen LogP contribution is 2.35. The normalized spacial score (nSPS) is 28.4. The summed E-state index contributed by atoms with van der Waals surface area (Å²) in [6, 6.07) is 8.58. The Bertz CT molecular complexity index is 715. The Balaban J connectivity index is 1.58. The lowest BCUT2D eigenvalue weighted by Gasteiger charge is -2.35. The topological polar surface area (TPSA) is 57.7 Å². The fraction of sp³-hybridized carbons (Fsp3) is 0.611. The maximum absolute atomic E-state index is 13.0. The van der Waals surface area contributed by atoms with Gasteiger partial charge in [-0.15, -0.1) is 0 Å². The molecule has 0 spiro atoms. The van der Waals surface area contributed by atoms with E-state index in [4.69, 9.17) is 0 Å². The van der Waals surface area contributed by atoms with E-state index < -0.39 is 10.0 Å². The van der Waals surface area contributed by atoms with Gasteiger partial charge in [-0.2, -0.15) is 4.31 Å². The summed E-state index contributed by atoms with van der Waals surface area (Å²) in [5.41, 5.74) is 0. The third-order valence-corrected chi connectivity index (χ3v) is 7.71. The largest absolute Gasteiger partial charge is 0.341 e. The molecule has 4 fully saturated rings. The minimum atomic E-state index is -3.48. The molecule has 1 amide bonds. The lowest BCUT2D eigenvalue weighted by molar-refractivity contribution is -0.138. The van der Waals surface area contributed by atoms with E-state index in [-0.39, 0.29) is 23.8 Å². The molecule has 130 valence electrons. The molecule has 1 saturated carbocycles. The van der Waals surface area contributed by atoms with Gasteiger partial charge in [-0.3, -0.25) is 4.79 Å². The van der Waals surface area contributed by atoms with Gasteiger partial charge in [-0.25, -0.2) is 8.42 Å². The van der Waals surface area contributed by atoms with Gasteiger partial charge >= 0.3 is 0 Å². The van der Waals surface area contributed by atoms with E-state index in [9.17, 15) is 13.2 Å². The van der Waals surface area contributed by atoms with Crippen molar-refractivity contribution in [3.63, 3.8) is 0 Å². The fourth-order valence-corrected chi connectivity index (χ4v) is 5.90. The second-order valence-electron chi connectivity index (χ2n) is 7.36. The zero-order valence-electron chi connectivity index (χ0n) is 13.8. The van der Waals surface area contributed by atoms with Crippen LogP contribution in [0.5, 0.6) is 0 Å². The van der Waals surface area contributed by atoms with Gasteiger partial charge < -0.3 is 4.90 Å². The molecular weight excluding hydrogens is 324 g/mol. The van der Waals surface area contributed by atoms with Crippen molar-refractivity contribution in [2.24, 2.45) is 11.8 Å². The first-order valence-electron chi connectivity index (χ1n) is 8.91. The number of nitrogens with zero attached hydrogens (tertiary/aromatic N) is 2. The van der Waals surface area contributed by atoms with E-state index in [1.54, 1.807) is 28.6 Å². The van der Waals surface area contributed by atoms with Gasteiger partial charge in [-0.1, -0.05) is 24.6 Å². The number of benzene rings is 1. The van der Waals surface area contributed by atoms with Crippen LogP contribution >= 0.6 is 0 Å². The van der Waals surface area contributed by atoms with E-state index in [2.05, 4.69) is 0 Å². The molecule has 0 aromatic heterocycles. The number of amides is 1. The van der Waals surface area contributed by atoms with Crippen molar-refractivity contribution in [3.8, 4) is 0 Å². The van der Waals surface area contributed by atoms with Crippen LogP contribution in [-0.4, -0.2) is 49.2 Å². The zero-order valence-corrected chi connectivity index (χ0v) is 14.6. The second-order valence-corrected chi connectivity index (χ2v) is 9.25. The molecule has 24 heavy (non-hydrogen) atoms. The number of rotatable bonds is 3. The minimum absolute atomic E-state index is 0.0852. The highest BCUT2D eigenvalue weighted by Gasteiger charge is 2.43. The summed E-state index contributed by atoms with van der Waals surface area (Å²) in [6.07, 6.45) is 5.00. The van der Waals surface area contributed by atoms with E-state index in [1.807, 2.05) is 11.0 Å². The highest BCUT2D eigenvalue weighted by atomic mass is 32.2. The van der Waals surface area contributed by atoms with Crippen LogP contribution in [0.4, 0.5) is 0 Å². The molecule has 3 heterocycles. The average molecular weight is 348 g/mol. The van der Waals surface area contributed by atoms with Crippen LogP contribution in [0.25, 0.3) is 0 Å². The Morgan fingerprint density at radius 3 is 2.38 bits per heavy atom. The van der Waals surface area contributed by atoms with E-state index >= 15 is 0 Å². The molecule has 1 aromatic carbocycles. The maximum atomic E-state index is 13.0. The molecule has 6 heteroatoms. The van der Waals surface area contributed by atoms with E-state index in [1.165, 1.54) is 0 Å². The minimum Gasteiger partial charge on any atom is -0.341 e. The molecule has 5 rings (SSSR count). The van der Waals surface area contributed by atoms with Crippen LogP contribution in [0, 0.1) is 11.8 Å². The van der Waals surface area contributed by atoms with Crippen molar-refractivity contribution in [2.75, 3.05) is 19.6 Å². The summed E-state index contributed by atoms with van der Waals surface area (Å²) >= 11 is 0. The standard InChI is InChI=1S/C18H24N2O3S/c21-18(15-5-4-6-15)19-11-14-9-10-16(13-19)20(12-14)24(22,23)17-7-2-1-3-8-17/h1-3,7-8,14-16H,4-6,9-13H2. The number of hydrogen-bond acceptors (Lipinski definition) is 3. The third kappa shape index (κ3) is 2.75. The number of hydrogen-bond donors (Lipinski definition) is 0. The molecule has 2 bridgehead atoms. The molecule has 4 aliphatic rings. The van der Waals surface area contributed by atoms with E-state index in [0.717, 1.165) is 32.1 Å². The first kappa shape index (κ1) is 16.1. The Morgan fingerprint density at radius 1 is 0.958 bits per heavy atom. The SMILES string of the molecule is O=C(C1CCC1)N1CC2CCC(C1)N(S(=O)(=O)c1ccccc1)C2. The number of sulfonamides is 1. The monoisotopic (exact) mass is 348 g/mol. The van der Waals surface area contributed by atoms with Gasteiger partial charge in [0.25, 0.3) is 0 Å². The summed E-state index contributed by atoms with van der Waals surface area (Å²) in [5.74, 6) is 0.685. The molecule has 3 saturated heterocycles. The summed E-state index contributed by atoms with van der Waals surface area (Å²) < 4.78 is 27.7. The fourth-order valence-electron chi connectivity index (χ4n) is 4.15. The van der Waals surface area contributed by atoms with Gasteiger partial charge in [0.15, 0.2) is 0 Å². The smallest absolute Gasteiger partial charge is 0.243 e. The van der Waals surface area contributed by atoms with Crippen molar-refractivity contribution in [2.45, 2.75) is 43.0 Å². The van der Waals surface area contributed by atoms with Gasteiger partial charge in [0.2, 0.25) is 15.9 Å². The highest BCUT2D eigenvalue weighted by molar-refractivity contribution is 7.89. The second kappa shape index (κ2) is 6.15.